The van der Waals surface area contributed by atoms with Gasteiger partial charge >= 0.3 is 0 Å². The van der Waals surface area contributed by atoms with Crippen LogP contribution in [-0.2, 0) is 10.0 Å². The highest BCUT2D eigenvalue weighted by atomic mass is 79.9. The van der Waals surface area contributed by atoms with Crippen molar-refractivity contribution in [2.24, 2.45) is 5.14 Å². The lowest BCUT2D eigenvalue weighted by molar-refractivity contribution is 0.595. The summed E-state index contributed by atoms with van der Waals surface area (Å²) in [4.78, 5) is 0. The number of rotatable bonds is 2. The fourth-order valence-electron chi connectivity index (χ4n) is 1.62. The molecule has 2 unspecified atom stereocenters. The predicted octanol–water partition coefficient (Wildman–Crippen LogP) is 1.59. The average molecular weight is 276 g/mol. The van der Waals surface area contributed by atoms with E-state index in [1.54, 1.807) is 0 Å². The Hall–Kier alpha value is -0.390. The molecule has 5 heteroatoms. The first-order valence-electron chi connectivity index (χ1n) is 4.25. The molecule has 1 aliphatic rings. The normalized spacial score (nSPS) is 26.1. The van der Waals surface area contributed by atoms with E-state index in [4.69, 9.17) is 5.14 Å². The van der Waals surface area contributed by atoms with E-state index in [1.807, 2.05) is 24.3 Å². The van der Waals surface area contributed by atoms with Gasteiger partial charge in [0.15, 0.2) is 0 Å². The zero-order valence-corrected chi connectivity index (χ0v) is 9.75. The van der Waals surface area contributed by atoms with Crippen molar-refractivity contribution in [3.05, 3.63) is 34.3 Å². The highest BCUT2D eigenvalue weighted by molar-refractivity contribution is 9.10. The number of primary sulfonamides is 1. The quantitative estimate of drug-likeness (QED) is 0.891. The van der Waals surface area contributed by atoms with Crippen molar-refractivity contribution in [1.82, 2.24) is 0 Å². The summed E-state index contributed by atoms with van der Waals surface area (Å²) in [5.74, 6) is 0.0856. The highest BCUT2D eigenvalue weighted by Crippen LogP contribution is 2.45. The molecule has 76 valence electrons. The molecule has 1 aromatic carbocycles. The lowest BCUT2D eigenvalue weighted by Gasteiger charge is -1.99. The molecule has 0 radical (unpaired) electrons. The molecular formula is C9H10BrNO2S. The number of hydrogen-bond acceptors (Lipinski definition) is 2. The van der Waals surface area contributed by atoms with E-state index in [-0.39, 0.29) is 11.2 Å². The second kappa shape index (κ2) is 3.32. The Balaban J connectivity index is 2.22. The van der Waals surface area contributed by atoms with Crippen LogP contribution >= 0.6 is 15.9 Å². The van der Waals surface area contributed by atoms with Crippen LogP contribution in [-0.4, -0.2) is 13.7 Å². The Morgan fingerprint density at radius 2 is 2.14 bits per heavy atom. The van der Waals surface area contributed by atoms with Gasteiger partial charge in [0.2, 0.25) is 10.0 Å². The number of nitrogens with two attached hydrogens (primary N) is 1. The van der Waals surface area contributed by atoms with Gasteiger partial charge < -0.3 is 0 Å². The predicted molar refractivity (Wildman–Crippen MR) is 58.4 cm³/mol. The molecule has 1 aromatic rings. The number of sulfonamides is 1. The van der Waals surface area contributed by atoms with Gasteiger partial charge in [-0.2, -0.15) is 0 Å². The third-order valence-corrected chi connectivity index (χ3v) is 4.29. The lowest BCUT2D eigenvalue weighted by atomic mass is 10.1. The Labute approximate surface area is 91.5 Å². The summed E-state index contributed by atoms with van der Waals surface area (Å²) < 4.78 is 23.0. The third-order valence-electron chi connectivity index (χ3n) is 2.43. The van der Waals surface area contributed by atoms with Crippen molar-refractivity contribution in [3.8, 4) is 0 Å². The van der Waals surface area contributed by atoms with Crippen molar-refractivity contribution in [2.45, 2.75) is 17.6 Å². The van der Waals surface area contributed by atoms with Crippen LogP contribution in [0.15, 0.2) is 28.7 Å². The molecule has 1 saturated carbocycles. The Morgan fingerprint density at radius 1 is 1.43 bits per heavy atom. The monoisotopic (exact) mass is 275 g/mol. The maximum Gasteiger partial charge on any atom is 0.212 e. The molecule has 0 spiro atoms. The van der Waals surface area contributed by atoms with Crippen molar-refractivity contribution < 1.29 is 8.42 Å². The minimum Gasteiger partial charge on any atom is -0.228 e. The smallest absolute Gasteiger partial charge is 0.212 e. The molecule has 0 heterocycles. The molecule has 2 rings (SSSR count). The number of benzene rings is 1. The van der Waals surface area contributed by atoms with Crippen LogP contribution in [0, 0.1) is 0 Å². The first-order chi connectivity index (χ1) is 6.48. The Bertz CT molecular complexity index is 458. The molecule has 0 bridgehead atoms. The summed E-state index contributed by atoms with van der Waals surface area (Å²) in [6, 6.07) is 7.69. The second-order valence-corrected chi connectivity index (χ2v) is 6.22. The van der Waals surface area contributed by atoms with Gasteiger partial charge in [0.1, 0.15) is 0 Å². The summed E-state index contributed by atoms with van der Waals surface area (Å²) in [6.07, 6.45) is 0.648. The molecule has 1 fully saturated rings. The van der Waals surface area contributed by atoms with E-state index in [9.17, 15) is 8.42 Å². The van der Waals surface area contributed by atoms with E-state index < -0.39 is 10.0 Å². The summed E-state index contributed by atoms with van der Waals surface area (Å²) in [5.41, 5.74) is 1.04. The first-order valence-corrected chi connectivity index (χ1v) is 6.66. The standard InChI is InChI=1S/C9H10BrNO2S/c10-7-3-1-2-6(4-7)8-5-9(8)14(11,12)13/h1-4,8-9H,5H2,(H2,11,12,13). The van der Waals surface area contributed by atoms with Gasteiger partial charge in [-0.3, -0.25) is 0 Å². The van der Waals surface area contributed by atoms with Gasteiger partial charge in [0.25, 0.3) is 0 Å². The number of hydrogen-bond donors (Lipinski definition) is 1. The van der Waals surface area contributed by atoms with Crippen LogP contribution in [0.5, 0.6) is 0 Å². The Kier molecular flexibility index (Phi) is 2.41. The third kappa shape index (κ3) is 1.99. The summed E-state index contributed by atoms with van der Waals surface area (Å²) in [6.45, 7) is 0. The minimum atomic E-state index is -3.36. The topological polar surface area (TPSA) is 60.2 Å². The summed E-state index contributed by atoms with van der Waals surface area (Å²) in [7, 11) is -3.36. The molecule has 0 amide bonds. The molecule has 14 heavy (non-hydrogen) atoms. The molecule has 0 aliphatic heterocycles. The molecule has 3 nitrogen and oxygen atoms in total. The molecule has 2 atom stereocenters. The largest absolute Gasteiger partial charge is 0.228 e. The maximum atomic E-state index is 11.0. The van der Waals surface area contributed by atoms with Crippen LogP contribution in [0.4, 0.5) is 0 Å². The zero-order valence-electron chi connectivity index (χ0n) is 7.35. The van der Waals surface area contributed by atoms with Gasteiger partial charge in [0.05, 0.1) is 5.25 Å². The zero-order chi connectivity index (χ0) is 10.3. The average Bonchev–Trinajstić information content (AvgIpc) is 2.81. The van der Waals surface area contributed by atoms with Gasteiger partial charge in [-0.15, -0.1) is 0 Å². The molecular weight excluding hydrogens is 266 g/mol. The van der Waals surface area contributed by atoms with E-state index in [1.165, 1.54) is 0 Å². The summed E-state index contributed by atoms with van der Waals surface area (Å²) >= 11 is 3.35. The second-order valence-electron chi connectivity index (χ2n) is 3.52. The lowest BCUT2D eigenvalue weighted by Crippen LogP contribution is -2.18. The van der Waals surface area contributed by atoms with E-state index >= 15 is 0 Å². The number of halogens is 1. The van der Waals surface area contributed by atoms with Gasteiger partial charge in [-0.05, 0) is 24.1 Å². The fraction of sp³-hybridized carbons (Fsp3) is 0.333. The van der Waals surface area contributed by atoms with Gasteiger partial charge in [-0.25, -0.2) is 13.6 Å². The van der Waals surface area contributed by atoms with Gasteiger partial charge in [-0.1, -0.05) is 28.1 Å². The maximum absolute atomic E-state index is 11.0. The van der Waals surface area contributed by atoms with Crippen molar-refractivity contribution >= 4 is 26.0 Å². The molecule has 0 saturated heterocycles. The van der Waals surface area contributed by atoms with Crippen LogP contribution in [0.3, 0.4) is 0 Å². The Morgan fingerprint density at radius 3 is 2.64 bits per heavy atom. The molecule has 0 aromatic heterocycles. The van der Waals surface area contributed by atoms with Crippen molar-refractivity contribution in [1.29, 1.82) is 0 Å². The van der Waals surface area contributed by atoms with Crippen molar-refractivity contribution in [2.75, 3.05) is 0 Å². The van der Waals surface area contributed by atoms with Crippen LogP contribution < -0.4 is 5.14 Å². The first kappa shape index (κ1) is 10.1. The molecule has 2 N–H and O–H groups in total. The van der Waals surface area contributed by atoms with Crippen molar-refractivity contribution in [3.63, 3.8) is 0 Å². The van der Waals surface area contributed by atoms with Gasteiger partial charge in [0, 0.05) is 10.4 Å². The van der Waals surface area contributed by atoms with E-state index in [0.29, 0.717) is 6.42 Å². The van der Waals surface area contributed by atoms with E-state index in [0.717, 1.165) is 10.0 Å². The minimum absolute atomic E-state index is 0.0856. The SMILES string of the molecule is NS(=O)(=O)C1CC1c1cccc(Br)c1. The molecule has 1 aliphatic carbocycles. The van der Waals surface area contributed by atoms with Crippen LogP contribution in [0.25, 0.3) is 0 Å². The summed E-state index contributed by atoms with van der Waals surface area (Å²) in [5, 5.41) is 4.69. The van der Waals surface area contributed by atoms with Crippen LogP contribution in [0.1, 0.15) is 17.9 Å². The highest BCUT2D eigenvalue weighted by Gasteiger charge is 2.46. The van der Waals surface area contributed by atoms with E-state index in [2.05, 4.69) is 15.9 Å². The fourth-order valence-corrected chi connectivity index (χ4v) is 3.13. The van der Waals surface area contributed by atoms with Crippen LogP contribution in [0.2, 0.25) is 0 Å².